The number of benzene rings is 5. The number of H-pyrrole nitrogens is 3. The molecule has 1 fully saturated rings. The Bertz CT molecular complexity index is 2700. The van der Waals surface area contributed by atoms with Gasteiger partial charge in [0.25, 0.3) is 0 Å². The van der Waals surface area contributed by atoms with Crippen LogP contribution in [0.3, 0.4) is 0 Å². The van der Waals surface area contributed by atoms with Gasteiger partial charge in [-0.15, -0.1) is 0 Å². The maximum Gasteiger partial charge on any atom is 0.157 e. The van der Waals surface area contributed by atoms with Crippen LogP contribution in [-0.4, -0.2) is 52.8 Å². The molecule has 9 heteroatoms. The summed E-state index contributed by atoms with van der Waals surface area (Å²) in [4.78, 5) is 35.5. The number of aliphatic imine (C=N–C) groups is 1. The van der Waals surface area contributed by atoms with Crippen molar-refractivity contribution in [2.24, 2.45) is 4.99 Å². The second kappa shape index (κ2) is 12.4. The lowest BCUT2D eigenvalue weighted by molar-refractivity contribution is 0.385. The summed E-state index contributed by atoms with van der Waals surface area (Å²) in [6, 6.07) is 44.7. The maximum atomic E-state index is 5.19. The summed E-state index contributed by atoms with van der Waals surface area (Å²) >= 11 is 0. The molecule has 0 radical (unpaired) electrons. The Morgan fingerprint density at radius 2 is 0.907 bits per heavy atom. The smallest absolute Gasteiger partial charge is 0.157 e. The van der Waals surface area contributed by atoms with Crippen LogP contribution in [0.15, 0.2) is 132 Å². The van der Waals surface area contributed by atoms with Gasteiger partial charge in [-0.2, -0.15) is 0 Å². The first-order chi connectivity index (χ1) is 26.7. The fraction of sp³-hybridized carbons (Fsp3) is 0.133. The van der Waals surface area contributed by atoms with E-state index < -0.39 is 0 Å². The zero-order valence-corrected chi connectivity index (χ0v) is 29.3. The first-order valence-electron chi connectivity index (χ1n) is 18.6. The lowest BCUT2D eigenvalue weighted by Gasteiger charge is -2.23. The fourth-order valence-corrected chi connectivity index (χ4v) is 8.07. The summed E-state index contributed by atoms with van der Waals surface area (Å²) in [7, 11) is 0. The summed E-state index contributed by atoms with van der Waals surface area (Å²) in [6.07, 6.45) is 4.81. The Hall–Kier alpha value is -6.87. The number of fused-ring (bicyclic) bond motifs is 4. The number of para-hydroxylation sites is 6. The zero-order chi connectivity index (χ0) is 35.6. The molecule has 2 aliphatic rings. The van der Waals surface area contributed by atoms with Crippen LogP contribution < -0.4 is 5.32 Å². The van der Waals surface area contributed by atoms with Crippen LogP contribution in [0.1, 0.15) is 31.2 Å². The van der Waals surface area contributed by atoms with Crippen molar-refractivity contribution < 1.29 is 0 Å². The third-order valence-corrected chi connectivity index (χ3v) is 10.9. The Balaban J connectivity index is 1.00. The van der Waals surface area contributed by atoms with E-state index in [-0.39, 0.29) is 0 Å². The number of aromatic nitrogens is 7. The number of amidine groups is 1. The second-order valence-electron chi connectivity index (χ2n) is 14.4. The molecule has 0 spiro atoms. The van der Waals surface area contributed by atoms with Crippen molar-refractivity contribution in [3.05, 3.63) is 133 Å². The van der Waals surface area contributed by atoms with Crippen molar-refractivity contribution in [3.8, 4) is 56.7 Å². The van der Waals surface area contributed by atoms with E-state index in [4.69, 9.17) is 24.9 Å². The summed E-state index contributed by atoms with van der Waals surface area (Å²) in [6.45, 7) is 0. The molecule has 1 saturated carbocycles. The average Bonchev–Trinajstić information content (AvgIpc) is 4.04. The molecule has 2 atom stereocenters. The minimum atomic E-state index is 0.348. The average molecular weight is 702 g/mol. The highest BCUT2D eigenvalue weighted by atomic mass is 15.1. The van der Waals surface area contributed by atoms with E-state index in [0.29, 0.717) is 23.7 Å². The highest BCUT2D eigenvalue weighted by molar-refractivity contribution is 6.02. The molecule has 260 valence electrons. The van der Waals surface area contributed by atoms with Crippen LogP contribution in [-0.2, 0) is 0 Å². The predicted octanol–water partition coefficient (Wildman–Crippen LogP) is 9.71. The summed E-state index contributed by atoms with van der Waals surface area (Å²) < 4.78 is 0. The maximum absolute atomic E-state index is 5.19. The van der Waals surface area contributed by atoms with Crippen LogP contribution in [0.2, 0.25) is 0 Å². The number of rotatable bonds is 6. The standard InChI is InChI=1S/C45H35N9/c1-2-10-33-32(9-1)47-42(48-33)30-21-28(22-31(23-30)43-49-34-11-3-4-12-35(34)50-43)26-17-19-27(20-18-26)29-24-40(44-51-36-13-5-6-14-37(36)52-44)46-41(25-29)45-53-38-15-7-8-16-39(38)54-45/h1-2,5-10,13-25,34-35H,3-4,11-12H2,(H,47,48)(H,49,50)(H,51,52)(H,53,54). The lowest BCUT2D eigenvalue weighted by atomic mass is 9.92. The second-order valence-corrected chi connectivity index (χ2v) is 14.4. The highest BCUT2D eigenvalue weighted by Gasteiger charge is 2.31. The summed E-state index contributed by atoms with van der Waals surface area (Å²) in [5.74, 6) is 3.26. The van der Waals surface area contributed by atoms with Gasteiger partial charge in [0.1, 0.15) is 23.0 Å². The molecule has 0 bridgehead atoms. The van der Waals surface area contributed by atoms with Gasteiger partial charge in [-0.1, -0.05) is 73.5 Å². The molecule has 11 rings (SSSR count). The number of imidazole rings is 3. The molecule has 1 aliphatic heterocycles. The van der Waals surface area contributed by atoms with Crippen LogP contribution >= 0.6 is 0 Å². The van der Waals surface area contributed by atoms with Crippen molar-refractivity contribution in [2.45, 2.75) is 37.8 Å². The molecule has 54 heavy (non-hydrogen) atoms. The van der Waals surface area contributed by atoms with Crippen LogP contribution in [0.25, 0.3) is 89.8 Å². The Labute approximate surface area is 310 Å². The van der Waals surface area contributed by atoms with Gasteiger partial charge in [-0.3, -0.25) is 4.99 Å². The molecule has 5 aromatic carbocycles. The minimum Gasteiger partial charge on any atom is -0.365 e. The zero-order valence-electron chi connectivity index (χ0n) is 29.3. The van der Waals surface area contributed by atoms with Gasteiger partial charge >= 0.3 is 0 Å². The van der Waals surface area contributed by atoms with Crippen LogP contribution in [0.4, 0.5) is 0 Å². The van der Waals surface area contributed by atoms with Crippen molar-refractivity contribution >= 4 is 38.9 Å². The Morgan fingerprint density at radius 1 is 0.426 bits per heavy atom. The predicted molar refractivity (Wildman–Crippen MR) is 216 cm³/mol. The molecule has 2 unspecified atom stereocenters. The molecule has 4 N–H and O–H groups in total. The topological polar surface area (TPSA) is 123 Å². The van der Waals surface area contributed by atoms with Gasteiger partial charge in [-0.05, 0) is 102 Å². The Morgan fingerprint density at radius 3 is 1.48 bits per heavy atom. The molecule has 9 nitrogen and oxygen atoms in total. The van der Waals surface area contributed by atoms with Crippen molar-refractivity contribution in [1.29, 1.82) is 0 Å². The number of aromatic amines is 3. The normalized spacial score (nSPS) is 16.9. The van der Waals surface area contributed by atoms with E-state index in [1.165, 1.54) is 19.3 Å². The van der Waals surface area contributed by atoms with Gasteiger partial charge < -0.3 is 20.3 Å². The molecule has 0 amide bonds. The van der Waals surface area contributed by atoms with Crippen molar-refractivity contribution in [1.82, 2.24) is 40.2 Å². The number of hydrogen-bond donors (Lipinski definition) is 4. The third kappa shape index (κ3) is 5.44. The van der Waals surface area contributed by atoms with Gasteiger partial charge in [0.15, 0.2) is 11.6 Å². The number of hydrogen-bond acceptors (Lipinski definition) is 6. The van der Waals surface area contributed by atoms with Gasteiger partial charge in [0, 0.05) is 17.2 Å². The molecule has 5 heterocycles. The number of nitrogens with zero attached hydrogens (tertiary/aromatic N) is 5. The monoisotopic (exact) mass is 701 g/mol. The van der Waals surface area contributed by atoms with Crippen molar-refractivity contribution in [2.75, 3.05) is 0 Å². The molecule has 0 saturated heterocycles. The summed E-state index contributed by atoms with van der Waals surface area (Å²) in [5.41, 5.74) is 13.6. The van der Waals surface area contributed by atoms with Crippen LogP contribution in [0, 0.1) is 0 Å². The van der Waals surface area contributed by atoms with Crippen molar-refractivity contribution in [3.63, 3.8) is 0 Å². The van der Waals surface area contributed by atoms with Gasteiger partial charge in [-0.25, -0.2) is 19.9 Å². The molecular weight excluding hydrogens is 667 g/mol. The fourth-order valence-electron chi connectivity index (χ4n) is 8.07. The van der Waals surface area contributed by atoms with Gasteiger partial charge in [0.2, 0.25) is 0 Å². The minimum absolute atomic E-state index is 0.348. The van der Waals surface area contributed by atoms with Crippen LogP contribution in [0.5, 0.6) is 0 Å². The molecule has 4 aromatic heterocycles. The molecular formula is C45H35N9. The number of pyridine rings is 1. The van der Waals surface area contributed by atoms with E-state index in [0.717, 1.165) is 95.9 Å². The van der Waals surface area contributed by atoms with E-state index in [9.17, 15) is 0 Å². The van der Waals surface area contributed by atoms with E-state index in [1.54, 1.807) is 0 Å². The van der Waals surface area contributed by atoms with E-state index in [2.05, 4.69) is 80.9 Å². The quantitative estimate of drug-likeness (QED) is 0.137. The van der Waals surface area contributed by atoms with E-state index in [1.807, 2.05) is 66.7 Å². The first kappa shape index (κ1) is 30.7. The molecule has 1 aliphatic carbocycles. The van der Waals surface area contributed by atoms with Gasteiger partial charge in [0.05, 0.1) is 39.1 Å². The lowest BCUT2D eigenvalue weighted by Crippen LogP contribution is -2.37. The van der Waals surface area contributed by atoms with E-state index >= 15 is 0 Å². The largest absolute Gasteiger partial charge is 0.365 e. The third-order valence-electron chi connectivity index (χ3n) is 10.9. The molecule has 9 aromatic rings. The Kier molecular flexibility index (Phi) is 7.04. The first-order valence-corrected chi connectivity index (χ1v) is 18.6. The highest BCUT2D eigenvalue weighted by Crippen LogP contribution is 2.34. The summed E-state index contributed by atoms with van der Waals surface area (Å²) in [5, 5.41) is 3.78. The SMILES string of the molecule is c1ccc2[nH]c(-c3cc(C4=NC5CCCCC5N4)cc(-c4ccc(-c5cc(-c6nc7ccccc7[nH]6)nc(-c6nc7ccccc7[nH]6)c5)cc4)c3)nc2c1. The number of nitrogens with one attached hydrogen (secondary N) is 4.